The molecular weight excluding hydrogens is 317 g/mol. The van der Waals surface area contributed by atoms with E-state index in [9.17, 15) is 19.1 Å². The van der Waals surface area contributed by atoms with Crippen molar-refractivity contribution >= 4 is 11.9 Å². The molecule has 1 aromatic rings. The fourth-order valence-electron chi connectivity index (χ4n) is 2.63. The monoisotopic (exact) mass is 339 g/mol. The summed E-state index contributed by atoms with van der Waals surface area (Å²) in [6.07, 6.45) is 0.405. The minimum Gasteiger partial charge on any atom is -0.481 e. The number of methoxy groups -OCH3 is 1. The maximum atomic E-state index is 13.8. The molecule has 0 spiro atoms. The largest absolute Gasteiger partial charge is 0.481 e. The lowest BCUT2D eigenvalue weighted by Gasteiger charge is -2.20. The van der Waals surface area contributed by atoms with Crippen LogP contribution in [0, 0.1) is 11.2 Å². The van der Waals surface area contributed by atoms with Crippen LogP contribution in [0.5, 0.6) is 0 Å². The van der Waals surface area contributed by atoms with Gasteiger partial charge in [0, 0.05) is 31.3 Å². The molecule has 0 aromatic heterocycles. The molecule has 1 aromatic carbocycles. The van der Waals surface area contributed by atoms with Crippen LogP contribution in [0.1, 0.15) is 29.3 Å². The molecule has 0 aliphatic carbocycles. The van der Waals surface area contributed by atoms with E-state index in [1.54, 1.807) is 14.0 Å². The van der Waals surface area contributed by atoms with Crippen molar-refractivity contribution in [3.8, 4) is 0 Å². The summed E-state index contributed by atoms with van der Waals surface area (Å²) >= 11 is 0. The van der Waals surface area contributed by atoms with Gasteiger partial charge in [-0.25, -0.2) is 4.39 Å². The first-order chi connectivity index (χ1) is 11.4. The van der Waals surface area contributed by atoms with Crippen LogP contribution in [0.3, 0.4) is 0 Å². The Morgan fingerprint density at radius 1 is 1.38 bits per heavy atom. The summed E-state index contributed by atoms with van der Waals surface area (Å²) in [5, 5.41) is 9.25. The van der Waals surface area contributed by atoms with E-state index in [1.165, 1.54) is 23.1 Å². The summed E-state index contributed by atoms with van der Waals surface area (Å²) in [4.78, 5) is 25.3. The molecule has 1 amide bonds. The lowest BCUT2D eigenvalue weighted by molar-refractivity contribution is -0.147. The molecule has 1 aliphatic heterocycles. The molecule has 1 saturated heterocycles. The average molecular weight is 339 g/mol. The van der Waals surface area contributed by atoms with E-state index in [4.69, 9.17) is 9.47 Å². The predicted octanol–water partition coefficient (Wildman–Crippen LogP) is 1.93. The third kappa shape index (κ3) is 4.10. The Morgan fingerprint density at radius 2 is 2.12 bits per heavy atom. The molecule has 2 rings (SSSR count). The van der Waals surface area contributed by atoms with Crippen molar-refractivity contribution in [3.05, 3.63) is 35.1 Å². The highest BCUT2D eigenvalue weighted by Crippen LogP contribution is 2.31. The van der Waals surface area contributed by atoms with E-state index in [0.29, 0.717) is 31.7 Å². The number of hydrogen-bond acceptors (Lipinski definition) is 4. The minimum atomic E-state index is -0.929. The van der Waals surface area contributed by atoms with E-state index in [0.717, 1.165) is 0 Å². The normalized spacial score (nSPS) is 20.4. The van der Waals surface area contributed by atoms with Gasteiger partial charge in [0.25, 0.3) is 5.91 Å². The molecule has 0 saturated carbocycles. The second-order valence-electron chi connectivity index (χ2n) is 6.19. The maximum absolute atomic E-state index is 13.8. The number of carboxylic acid groups (broad SMARTS) is 1. The highest BCUT2D eigenvalue weighted by atomic mass is 19.1. The highest BCUT2D eigenvalue weighted by Gasteiger charge is 2.42. The van der Waals surface area contributed by atoms with Gasteiger partial charge in [-0.15, -0.1) is 0 Å². The van der Waals surface area contributed by atoms with Crippen LogP contribution >= 0.6 is 0 Å². The van der Waals surface area contributed by atoms with E-state index in [-0.39, 0.29) is 24.6 Å². The molecule has 1 N–H and O–H groups in total. The number of halogens is 1. The van der Waals surface area contributed by atoms with Gasteiger partial charge in [-0.05, 0) is 31.5 Å². The van der Waals surface area contributed by atoms with E-state index in [2.05, 4.69) is 0 Å². The second kappa shape index (κ2) is 7.72. The molecule has 132 valence electrons. The zero-order chi connectivity index (χ0) is 17.7. The minimum absolute atomic E-state index is 0.0448. The lowest BCUT2D eigenvalue weighted by Crippen LogP contribution is -2.34. The number of likely N-dealkylation sites (tertiary alicyclic amines) is 1. The summed E-state index contributed by atoms with van der Waals surface area (Å²) in [5.41, 5.74) is -0.310. The number of hydrogen-bond donors (Lipinski definition) is 1. The third-order valence-corrected chi connectivity index (χ3v) is 4.26. The molecule has 0 bridgehead atoms. The van der Waals surface area contributed by atoms with Crippen molar-refractivity contribution in [2.75, 3.05) is 33.4 Å². The van der Waals surface area contributed by atoms with Gasteiger partial charge in [0.15, 0.2) is 0 Å². The summed E-state index contributed by atoms with van der Waals surface area (Å²) < 4.78 is 24.0. The van der Waals surface area contributed by atoms with Gasteiger partial charge in [0.1, 0.15) is 5.82 Å². The van der Waals surface area contributed by atoms with Crippen LogP contribution in [0.15, 0.2) is 18.2 Å². The van der Waals surface area contributed by atoms with Crippen molar-refractivity contribution in [1.29, 1.82) is 0 Å². The van der Waals surface area contributed by atoms with Crippen LogP contribution < -0.4 is 0 Å². The van der Waals surface area contributed by atoms with Crippen molar-refractivity contribution in [1.82, 2.24) is 4.90 Å². The quantitative estimate of drug-likeness (QED) is 0.768. The molecular formula is C17H22FNO5. The summed E-state index contributed by atoms with van der Waals surface area (Å²) in [7, 11) is 1.55. The lowest BCUT2D eigenvalue weighted by atomic mass is 9.90. The van der Waals surface area contributed by atoms with Crippen LogP contribution in [0.2, 0.25) is 0 Å². The summed E-state index contributed by atoms with van der Waals surface area (Å²) in [6.45, 7) is 2.93. The number of ether oxygens (including phenoxy) is 2. The number of aliphatic carboxylic acids is 1. The fraction of sp³-hybridized carbons (Fsp3) is 0.529. The van der Waals surface area contributed by atoms with E-state index in [1.807, 2.05) is 0 Å². The SMILES string of the molecule is COCCOCc1cc(C(=O)N2CCC(C)(C(=O)O)C2)ccc1F. The van der Waals surface area contributed by atoms with Crippen molar-refractivity contribution in [2.24, 2.45) is 5.41 Å². The molecule has 6 nitrogen and oxygen atoms in total. The second-order valence-corrected chi connectivity index (χ2v) is 6.19. The standard InChI is InChI=1S/C17H22FNO5/c1-17(16(21)22)5-6-19(11-17)15(20)12-3-4-14(18)13(9-12)10-24-8-7-23-2/h3-4,9H,5-8,10-11H2,1-2H3,(H,21,22). The number of carbonyl (C=O) groups is 2. The number of amides is 1. The molecule has 7 heteroatoms. The van der Waals surface area contributed by atoms with Gasteiger partial charge in [0.05, 0.1) is 25.2 Å². The van der Waals surface area contributed by atoms with Crippen LogP contribution in [0.25, 0.3) is 0 Å². The summed E-state index contributed by atoms with van der Waals surface area (Å²) in [5.74, 6) is -1.65. The van der Waals surface area contributed by atoms with Crippen LogP contribution in [-0.4, -0.2) is 55.3 Å². The molecule has 1 fully saturated rings. The first kappa shape index (κ1) is 18.4. The average Bonchev–Trinajstić information content (AvgIpc) is 2.96. The van der Waals surface area contributed by atoms with Gasteiger partial charge in [0.2, 0.25) is 0 Å². The van der Waals surface area contributed by atoms with Gasteiger partial charge >= 0.3 is 5.97 Å². The first-order valence-corrected chi connectivity index (χ1v) is 7.75. The van der Waals surface area contributed by atoms with Gasteiger partial charge in [-0.2, -0.15) is 0 Å². The molecule has 1 atom stereocenters. The molecule has 24 heavy (non-hydrogen) atoms. The van der Waals surface area contributed by atoms with E-state index < -0.39 is 17.2 Å². The van der Waals surface area contributed by atoms with Crippen molar-refractivity contribution < 1.29 is 28.6 Å². The van der Waals surface area contributed by atoms with Crippen molar-refractivity contribution in [3.63, 3.8) is 0 Å². The zero-order valence-corrected chi connectivity index (χ0v) is 13.9. The number of benzene rings is 1. The Kier molecular flexibility index (Phi) is 5.90. The van der Waals surface area contributed by atoms with Gasteiger partial charge < -0.3 is 19.5 Å². The van der Waals surface area contributed by atoms with Crippen LogP contribution in [0.4, 0.5) is 4.39 Å². The van der Waals surface area contributed by atoms with Gasteiger partial charge in [-0.3, -0.25) is 9.59 Å². The Labute approximate surface area is 140 Å². The number of nitrogens with zero attached hydrogens (tertiary/aromatic N) is 1. The number of rotatable bonds is 7. The maximum Gasteiger partial charge on any atom is 0.311 e. The van der Waals surface area contributed by atoms with E-state index >= 15 is 0 Å². The molecule has 1 aliphatic rings. The Bertz CT molecular complexity index is 621. The first-order valence-electron chi connectivity index (χ1n) is 7.75. The van der Waals surface area contributed by atoms with Crippen molar-refractivity contribution in [2.45, 2.75) is 20.0 Å². The zero-order valence-electron chi connectivity index (χ0n) is 13.9. The molecule has 0 radical (unpaired) electrons. The Hall–Kier alpha value is -1.99. The molecule has 1 heterocycles. The van der Waals surface area contributed by atoms with Gasteiger partial charge in [-0.1, -0.05) is 0 Å². The summed E-state index contributed by atoms with van der Waals surface area (Å²) in [6, 6.07) is 4.10. The highest BCUT2D eigenvalue weighted by molar-refractivity contribution is 5.95. The Morgan fingerprint density at radius 3 is 2.75 bits per heavy atom. The van der Waals surface area contributed by atoms with Crippen LogP contribution in [-0.2, 0) is 20.9 Å². The smallest absolute Gasteiger partial charge is 0.311 e. The molecule has 1 unspecified atom stereocenters. The third-order valence-electron chi connectivity index (χ3n) is 4.26. The topological polar surface area (TPSA) is 76.1 Å². The fourth-order valence-corrected chi connectivity index (χ4v) is 2.63. The Balaban J connectivity index is 2.06. The predicted molar refractivity (Wildman–Crippen MR) is 84.2 cm³/mol. The number of carbonyl (C=O) groups excluding carboxylic acids is 1. The number of carboxylic acids is 1.